The molecular weight excluding hydrogens is 430 g/mol. The fraction of sp³-hybridized carbons (Fsp3) is 0.174. The molecule has 0 spiro atoms. The molecule has 31 heavy (non-hydrogen) atoms. The summed E-state index contributed by atoms with van der Waals surface area (Å²) in [5.41, 5.74) is 2.92. The third-order valence-corrected chi connectivity index (χ3v) is 7.10. The minimum atomic E-state index is -0.549. The minimum Gasteiger partial charge on any atom is -0.452 e. The maximum absolute atomic E-state index is 12.9. The standard InChI is InChI=1S/C23H19N3O3S2/c27-21(25-10-8-19-16(13-25)9-12-31-19)15-29-23(28)18-14-26(17-5-2-1-3-6-17)24-22(18)20-7-4-11-30-20/h1-7,9,11-12,14H,8,10,13,15H2. The lowest BCUT2D eigenvalue weighted by atomic mass is 10.1. The van der Waals surface area contributed by atoms with Crippen LogP contribution in [-0.2, 0) is 22.5 Å². The first kappa shape index (κ1) is 19.7. The van der Waals surface area contributed by atoms with E-state index < -0.39 is 5.97 Å². The van der Waals surface area contributed by atoms with Crippen LogP contribution in [0, 0.1) is 0 Å². The van der Waals surface area contributed by atoms with Crippen LogP contribution >= 0.6 is 22.7 Å². The second-order valence-corrected chi connectivity index (χ2v) is 9.11. The molecule has 1 amide bonds. The van der Waals surface area contributed by atoms with Crippen LogP contribution in [0.3, 0.4) is 0 Å². The number of amides is 1. The number of carbonyl (C=O) groups excluding carboxylic acids is 2. The van der Waals surface area contributed by atoms with E-state index in [-0.39, 0.29) is 12.5 Å². The van der Waals surface area contributed by atoms with E-state index in [0.29, 0.717) is 24.3 Å². The van der Waals surface area contributed by atoms with Crippen molar-refractivity contribution in [1.29, 1.82) is 0 Å². The molecule has 0 aliphatic carbocycles. The van der Waals surface area contributed by atoms with Crippen LogP contribution in [-0.4, -0.2) is 39.7 Å². The van der Waals surface area contributed by atoms with E-state index in [4.69, 9.17) is 4.74 Å². The minimum absolute atomic E-state index is 0.182. The van der Waals surface area contributed by atoms with E-state index in [2.05, 4.69) is 16.5 Å². The first-order chi connectivity index (χ1) is 15.2. The van der Waals surface area contributed by atoms with E-state index in [0.717, 1.165) is 17.0 Å². The van der Waals surface area contributed by atoms with Crippen LogP contribution in [0.5, 0.6) is 0 Å². The van der Waals surface area contributed by atoms with Gasteiger partial charge in [-0.15, -0.1) is 22.7 Å². The van der Waals surface area contributed by atoms with E-state index in [1.54, 1.807) is 27.1 Å². The Morgan fingerprint density at radius 1 is 1.03 bits per heavy atom. The first-order valence-corrected chi connectivity index (χ1v) is 11.6. The third-order valence-electron chi connectivity index (χ3n) is 5.20. The van der Waals surface area contributed by atoms with Crippen molar-refractivity contribution in [3.63, 3.8) is 0 Å². The summed E-state index contributed by atoms with van der Waals surface area (Å²) in [6.07, 6.45) is 2.51. The van der Waals surface area contributed by atoms with Gasteiger partial charge in [-0.2, -0.15) is 5.10 Å². The molecule has 0 saturated heterocycles. The predicted octanol–water partition coefficient (Wildman–Crippen LogP) is 4.40. The Bertz CT molecular complexity index is 1210. The number of rotatable bonds is 5. The maximum atomic E-state index is 12.9. The van der Waals surface area contributed by atoms with Crippen LogP contribution in [0.2, 0.25) is 0 Å². The zero-order valence-electron chi connectivity index (χ0n) is 16.6. The second kappa shape index (κ2) is 8.49. The highest BCUT2D eigenvalue weighted by atomic mass is 32.1. The Hall–Kier alpha value is -3.23. The van der Waals surface area contributed by atoms with Gasteiger partial charge in [0.1, 0.15) is 11.3 Å². The highest BCUT2D eigenvalue weighted by Crippen LogP contribution is 2.28. The van der Waals surface area contributed by atoms with Crippen molar-refractivity contribution in [3.05, 3.63) is 81.5 Å². The van der Waals surface area contributed by atoms with Gasteiger partial charge in [0.25, 0.3) is 5.91 Å². The molecule has 0 bridgehead atoms. The molecule has 3 aromatic heterocycles. The molecular formula is C23H19N3O3S2. The molecule has 4 aromatic rings. The van der Waals surface area contributed by atoms with Gasteiger partial charge in [0.15, 0.2) is 6.61 Å². The predicted molar refractivity (Wildman–Crippen MR) is 121 cm³/mol. The second-order valence-electron chi connectivity index (χ2n) is 7.16. The van der Waals surface area contributed by atoms with Crippen molar-refractivity contribution >= 4 is 34.6 Å². The summed E-state index contributed by atoms with van der Waals surface area (Å²) in [5, 5.41) is 8.60. The number of fused-ring (bicyclic) bond motifs is 1. The molecule has 1 aliphatic rings. The molecule has 5 rings (SSSR count). The Morgan fingerprint density at radius 3 is 2.71 bits per heavy atom. The summed E-state index contributed by atoms with van der Waals surface area (Å²) >= 11 is 3.22. The number of thiophene rings is 2. The average molecular weight is 450 g/mol. The van der Waals surface area contributed by atoms with Gasteiger partial charge < -0.3 is 9.64 Å². The number of para-hydroxylation sites is 1. The van der Waals surface area contributed by atoms with E-state index in [1.165, 1.54) is 21.8 Å². The highest BCUT2D eigenvalue weighted by Gasteiger charge is 2.25. The molecule has 6 nitrogen and oxygen atoms in total. The summed E-state index contributed by atoms with van der Waals surface area (Å²) < 4.78 is 7.09. The number of benzene rings is 1. The van der Waals surface area contributed by atoms with Gasteiger partial charge in [0, 0.05) is 24.2 Å². The Morgan fingerprint density at radius 2 is 1.90 bits per heavy atom. The Labute approximate surface area is 187 Å². The number of hydrogen-bond donors (Lipinski definition) is 0. The van der Waals surface area contributed by atoms with Crippen LogP contribution in [0.4, 0.5) is 0 Å². The van der Waals surface area contributed by atoms with Gasteiger partial charge in [-0.25, -0.2) is 9.48 Å². The summed E-state index contributed by atoms with van der Waals surface area (Å²) in [4.78, 5) is 29.5. The van der Waals surface area contributed by atoms with Crippen LogP contribution < -0.4 is 0 Å². The van der Waals surface area contributed by atoms with Gasteiger partial charge in [0.2, 0.25) is 0 Å². The largest absolute Gasteiger partial charge is 0.452 e. The summed E-state index contributed by atoms with van der Waals surface area (Å²) in [5.74, 6) is -0.731. The van der Waals surface area contributed by atoms with Crippen molar-refractivity contribution in [2.24, 2.45) is 0 Å². The monoisotopic (exact) mass is 449 g/mol. The molecule has 0 atom stereocenters. The smallest absolute Gasteiger partial charge is 0.342 e. The fourth-order valence-corrected chi connectivity index (χ4v) is 5.20. The van der Waals surface area contributed by atoms with Gasteiger partial charge in [-0.1, -0.05) is 24.3 Å². The van der Waals surface area contributed by atoms with Crippen molar-refractivity contribution in [1.82, 2.24) is 14.7 Å². The molecule has 156 valence electrons. The summed E-state index contributed by atoms with van der Waals surface area (Å²) in [6, 6.07) is 15.5. The molecule has 0 radical (unpaired) electrons. The van der Waals surface area contributed by atoms with Crippen molar-refractivity contribution in [3.8, 4) is 16.3 Å². The molecule has 8 heteroatoms. The summed E-state index contributed by atoms with van der Waals surface area (Å²) in [6.45, 7) is 0.941. The fourth-order valence-electron chi connectivity index (χ4n) is 3.59. The van der Waals surface area contributed by atoms with E-state index in [9.17, 15) is 9.59 Å². The molecule has 0 saturated carbocycles. The lowest BCUT2D eigenvalue weighted by Crippen LogP contribution is -2.38. The molecule has 0 N–H and O–H groups in total. The highest BCUT2D eigenvalue weighted by molar-refractivity contribution is 7.13. The van der Waals surface area contributed by atoms with Gasteiger partial charge >= 0.3 is 5.97 Å². The number of ether oxygens (including phenoxy) is 1. The first-order valence-electron chi connectivity index (χ1n) is 9.88. The number of hydrogen-bond acceptors (Lipinski definition) is 6. The lowest BCUT2D eigenvalue weighted by Gasteiger charge is -2.26. The average Bonchev–Trinajstić information content (AvgIpc) is 3.57. The number of aromatic nitrogens is 2. The van der Waals surface area contributed by atoms with E-state index in [1.807, 2.05) is 47.8 Å². The van der Waals surface area contributed by atoms with Crippen LogP contribution in [0.25, 0.3) is 16.3 Å². The van der Waals surface area contributed by atoms with Crippen molar-refractivity contribution in [2.75, 3.05) is 13.2 Å². The number of esters is 1. The summed E-state index contributed by atoms with van der Waals surface area (Å²) in [7, 11) is 0. The Kier molecular flexibility index (Phi) is 5.40. The zero-order valence-corrected chi connectivity index (χ0v) is 18.2. The molecule has 1 aromatic carbocycles. The number of carbonyl (C=O) groups is 2. The van der Waals surface area contributed by atoms with Crippen LogP contribution in [0.15, 0.2) is 65.5 Å². The van der Waals surface area contributed by atoms with Crippen LogP contribution in [0.1, 0.15) is 20.8 Å². The molecule has 0 unspecified atom stereocenters. The molecule has 0 fully saturated rings. The topological polar surface area (TPSA) is 64.4 Å². The normalized spacial score (nSPS) is 13.1. The van der Waals surface area contributed by atoms with Gasteiger partial charge in [-0.3, -0.25) is 4.79 Å². The maximum Gasteiger partial charge on any atom is 0.342 e. The molecule has 4 heterocycles. The Balaban J connectivity index is 1.33. The SMILES string of the molecule is O=C(OCC(=O)N1CCc2sccc2C1)c1cn(-c2ccccc2)nc1-c1cccs1. The zero-order chi connectivity index (χ0) is 21.2. The van der Waals surface area contributed by atoms with E-state index >= 15 is 0 Å². The van der Waals surface area contributed by atoms with Gasteiger partial charge in [0.05, 0.1) is 10.6 Å². The van der Waals surface area contributed by atoms with Crippen molar-refractivity contribution < 1.29 is 14.3 Å². The lowest BCUT2D eigenvalue weighted by molar-refractivity contribution is -0.135. The van der Waals surface area contributed by atoms with Gasteiger partial charge in [-0.05, 0) is 47.0 Å². The number of nitrogens with zero attached hydrogens (tertiary/aromatic N) is 3. The molecule has 1 aliphatic heterocycles. The van der Waals surface area contributed by atoms with Crippen molar-refractivity contribution in [2.45, 2.75) is 13.0 Å². The quantitative estimate of drug-likeness (QED) is 0.424. The third kappa shape index (κ3) is 4.04.